The summed E-state index contributed by atoms with van der Waals surface area (Å²) in [5.41, 5.74) is 0. The smallest absolute Gasteiger partial charge is 0.175 e. The van der Waals surface area contributed by atoms with Crippen LogP contribution < -0.4 is 10.1 Å². The number of hydrogen-bond acceptors (Lipinski definition) is 4. The van der Waals surface area contributed by atoms with Crippen LogP contribution in [0.3, 0.4) is 0 Å². The minimum atomic E-state index is 0.672. The van der Waals surface area contributed by atoms with E-state index in [4.69, 9.17) is 4.74 Å². The highest BCUT2D eigenvalue weighted by atomic mass is 79.9. The molecule has 3 rings (SSSR count). The second-order valence-electron chi connectivity index (χ2n) is 3.23. The van der Waals surface area contributed by atoms with Gasteiger partial charge in [-0.15, -0.1) is 0 Å². The quantitative estimate of drug-likeness (QED) is 0.674. The van der Waals surface area contributed by atoms with Crippen LogP contribution in [0, 0.1) is 0 Å². The molecule has 1 aliphatic heterocycles. The van der Waals surface area contributed by atoms with Crippen molar-refractivity contribution < 1.29 is 4.74 Å². The van der Waals surface area contributed by atoms with Gasteiger partial charge in [0.15, 0.2) is 23.1 Å². The maximum atomic E-state index is 5.69. The number of anilines is 2. The van der Waals surface area contributed by atoms with Crippen LogP contribution in [-0.4, -0.2) is 9.97 Å². The van der Waals surface area contributed by atoms with Gasteiger partial charge in [0.1, 0.15) is 0 Å². The van der Waals surface area contributed by atoms with Crippen molar-refractivity contribution in [3.05, 3.63) is 33.5 Å². The van der Waals surface area contributed by atoms with Gasteiger partial charge in [0.05, 0.1) is 0 Å². The number of rotatable bonds is 0. The van der Waals surface area contributed by atoms with Crippen molar-refractivity contribution in [1.82, 2.24) is 9.97 Å². The third-order valence-corrected chi connectivity index (χ3v) is 2.96. The zero-order valence-electron chi connectivity index (χ0n) is 7.87. The summed E-state index contributed by atoms with van der Waals surface area (Å²) in [5.74, 6) is 2.71. The van der Waals surface area contributed by atoms with Crippen LogP contribution in [0.5, 0.6) is 11.5 Å². The van der Waals surface area contributed by atoms with Crippen LogP contribution in [0.15, 0.2) is 33.5 Å². The van der Waals surface area contributed by atoms with E-state index in [1.165, 1.54) is 0 Å². The van der Waals surface area contributed by atoms with Gasteiger partial charge in [0, 0.05) is 33.5 Å². The summed E-state index contributed by atoms with van der Waals surface area (Å²) < 4.78 is 7.44. The third-order valence-electron chi connectivity index (χ3n) is 2.10. The number of pyridine rings is 2. The number of halogens is 2. The summed E-state index contributed by atoms with van der Waals surface area (Å²) in [6, 6.07) is 3.72. The van der Waals surface area contributed by atoms with Crippen LogP contribution in [0.4, 0.5) is 11.6 Å². The second kappa shape index (κ2) is 3.71. The van der Waals surface area contributed by atoms with Gasteiger partial charge in [-0.2, -0.15) is 0 Å². The number of ether oxygens (including phenoxy) is 1. The largest absolute Gasteiger partial charge is 0.449 e. The number of nitrogens with one attached hydrogen (secondary N) is 1. The van der Waals surface area contributed by atoms with E-state index in [1.54, 1.807) is 12.4 Å². The van der Waals surface area contributed by atoms with E-state index in [9.17, 15) is 0 Å². The number of aromatic nitrogens is 2. The van der Waals surface area contributed by atoms with Crippen molar-refractivity contribution in [2.45, 2.75) is 0 Å². The van der Waals surface area contributed by atoms with Crippen LogP contribution in [0.2, 0.25) is 0 Å². The lowest BCUT2D eigenvalue weighted by Gasteiger charge is -2.19. The molecule has 0 radical (unpaired) electrons. The minimum Gasteiger partial charge on any atom is -0.449 e. The molecule has 0 aromatic carbocycles. The van der Waals surface area contributed by atoms with Crippen molar-refractivity contribution in [3.63, 3.8) is 0 Å². The molecule has 16 heavy (non-hydrogen) atoms. The molecule has 3 heterocycles. The van der Waals surface area contributed by atoms with Crippen molar-refractivity contribution in [1.29, 1.82) is 0 Å². The lowest BCUT2D eigenvalue weighted by Crippen LogP contribution is -2.06. The van der Waals surface area contributed by atoms with Crippen molar-refractivity contribution in [3.8, 4) is 11.5 Å². The molecule has 1 N–H and O–H groups in total. The summed E-state index contributed by atoms with van der Waals surface area (Å²) in [6.45, 7) is 0. The van der Waals surface area contributed by atoms with E-state index in [0.717, 1.165) is 8.95 Å². The monoisotopic (exact) mass is 341 g/mol. The summed E-state index contributed by atoms with van der Waals surface area (Å²) >= 11 is 6.70. The molecular weight excluding hydrogens is 338 g/mol. The number of nitrogens with zero attached hydrogens (tertiary/aromatic N) is 2. The predicted octanol–water partition coefficient (Wildman–Crippen LogP) is 3.85. The van der Waals surface area contributed by atoms with Gasteiger partial charge in [-0.1, -0.05) is 0 Å². The molecule has 0 amide bonds. The Labute approximate surface area is 108 Å². The third kappa shape index (κ3) is 1.68. The Morgan fingerprint density at radius 2 is 1.44 bits per heavy atom. The predicted molar refractivity (Wildman–Crippen MR) is 67.2 cm³/mol. The van der Waals surface area contributed by atoms with Gasteiger partial charge in [-0.25, -0.2) is 9.97 Å². The molecule has 0 bridgehead atoms. The summed E-state index contributed by atoms with van der Waals surface area (Å²) in [5, 5.41) is 3.11. The Kier molecular flexibility index (Phi) is 2.33. The molecule has 1 aliphatic rings. The van der Waals surface area contributed by atoms with Gasteiger partial charge in [-0.05, 0) is 31.9 Å². The standard InChI is InChI=1S/C10H5Br2N3O/c11-5-1-7-9(13-3-5)15-10-8(16-7)2-6(12)4-14-10/h1-4H,(H,13,14,15). The molecule has 0 unspecified atom stereocenters. The zero-order chi connectivity index (χ0) is 11.1. The molecule has 6 heteroatoms. The fraction of sp³-hybridized carbons (Fsp3) is 0. The van der Waals surface area contributed by atoms with E-state index >= 15 is 0 Å². The Morgan fingerprint density at radius 1 is 0.938 bits per heavy atom. The number of hydrogen-bond donors (Lipinski definition) is 1. The van der Waals surface area contributed by atoms with E-state index in [1.807, 2.05) is 12.1 Å². The molecule has 0 saturated heterocycles. The molecule has 0 fully saturated rings. The van der Waals surface area contributed by atoms with Crippen LogP contribution in [0.25, 0.3) is 0 Å². The zero-order valence-corrected chi connectivity index (χ0v) is 11.0. The van der Waals surface area contributed by atoms with Gasteiger partial charge < -0.3 is 10.1 Å². The average molecular weight is 343 g/mol. The van der Waals surface area contributed by atoms with Gasteiger partial charge in [0.25, 0.3) is 0 Å². The van der Waals surface area contributed by atoms with Crippen LogP contribution in [-0.2, 0) is 0 Å². The fourth-order valence-corrected chi connectivity index (χ4v) is 2.04. The Balaban J connectivity index is 2.10. The normalized spacial score (nSPS) is 12.1. The minimum absolute atomic E-state index is 0.672. The first-order valence-electron chi connectivity index (χ1n) is 4.48. The molecule has 2 aromatic rings. The highest BCUT2D eigenvalue weighted by Crippen LogP contribution is 2.41. The van der Waals surface area contributed by atoms with E-state index in [0.29, 0.717) is 23.1 Å². The Bertz CT molecular complexity index is 524. The first-order valence-corrected chi connectivity index (χ1v) is 6.07. The molecule has 0 spiro atoms. The second-order valence-corrected chi connectivity index (χ2v) is 5.06. The average Bonchev–Trinajstić information content (AvgIpc) is 2.26. The first kappa shape index (κ1) is 10.0. The first-order chi connectivity index (χ1) is 7.72. The van der Waals surface area contributed by atoms with Crippen molar-refractivity contribution in [2.75, 3.05) is 5.32 Å². The maximum Gasteiger partial charge on any atom is 0.175 e. The maximum absolute atomic E-state index is 5.69. The lowest BCUT2D eigenvalue weighted by molar-refractivity contribution is 0.475. The summed E-state index contributed by atoms with van der Waals surface area (Å²) in [4.78, 5) is 8.41. The van der Waals surface area contributed by atoms with Crippen molar-refractivity contribution in [2.24, 2.45) is 0 Å². The van der Waals surface area contributed by atoms with Gasteiger partial charge in [-0.3, -0.25) is 0 Å². The fourth-order valence-electron chi connectivity index (χ4n) is 1.42. The van der Waals surface area contributed by atoms with E-state index in [-0.39, 0.29) is 0 Å². The van der Waals surface area contributed by atoms with Crippen LogP contribution in [0.1, 0.15) is 0 Å². The Hall–Kier alpha value is -1.14. The van der Waals surface area contributed by atoms with Gasteiger partial charge in [0.2, 0.25) is 0 Å². The van der Waals surface area contributed by atoms with Gasteiger partial charge >= 0.3 is 0 Å². The highest BCUT2D eigenvalue weighted by molar-refractivity contribution is 9.10. The van der Waals surface area contributed by atoms with E-state index < -0.39 is 0 Å². The lowest BCUT2D eigenvalue weighted by atomic mass is 10.3. The summed E-state index contributed by atoms with van der Waals surface area (Å²) in [6.07, 6.45) is 3.41. The molecule has 2 aromatic heterocycles. The van der Waals surface area contributed by atoms with Crippen LogP contribution >= 0.6 is 31.9 Å². The van der Waals surface area contributed by atoms with E-state index in [2.05, 4.69) is 47.1 Å². The molecule has 0 aliphatic carbocycles. The molecular formula is C10H5Br2N3O. The molecule has 0 atom stereocenters. The summed E-state index contributed by atoms with van der Waals surface area (Å²) in [7, 11) is 0. The molecule has 80 valence electrons. The molecule has 4 nitrogen and oxygen atoms in total. The highest BCUT2D eigenvalue weighted by Gasteiger charge is 2.18. The topological polar surface area (TPSA) is 47.0 Å². The number of fused-ring (bicyclic) bond motifs is 2. The Morgan fingerprint density at radius 3 is 1.94 bits per heavy atom. The SMILES string of the molecule is Brc1cnc2c(c1)Oc1cc(Br)cnc1N2. The van der Waals surface area contributed by atoms with Crippen molar-refractivity contribution >= 4 is 43.5 Å². The molecule has 0 saturated carbocycles.